The Kier molecular flexibility index (Phi) is 5.86. The molecule has 2 N–H and O–H groups in total. The molecule has 0 bridgehead atoms. The van der Waals surface area contributed by atoms with Crippen molar-refractivity contribution in [1.29, 1.82) is 0 Å². The number of carbonyl (C=O) groups excluding carboxylic acids is 1. The number of rotatable bonds is 7. The lowest BCUT2D eigenvalue weighted by molar-refractivity contribution is -0.143. The average Bonchev–Trinajstić information content (AvgIpc) is 3.44. The Morgan fingerprint density at radius 2 is 1.97 bits per heavy atom. The molecule has 0 aliphatic heterocycles. The molecule has 2 heterocycles. The maximum Gasteiger partial charge on any atom is 0.328 e. The van der Waals surface area contributed by atoms with E-state index in [2.05, 4.69) is 15.5 Å². The van der Waals surface area contributed by atoms with Crippen molar-refractivity contribution >= 4 is 45.6 Å². The molecule has 0 radical (unpaired) electrons. The predicted octanol–water partition coefficient (Wildman–Crippen LogP) is 4.78. The molecule has 0 spiro atoms. The summed E-state index contributed by atoms with van der Waals surface area (Å²) in [6, 6.07) is 12.4. The first kappa shape index (κ1) is 21.8. The average molecular weight is 472 g/mol. The van der Waals surface area contributed by atoms with Gasteiger partial charge in [0.05, 0.1) is 10.4 Å². The number of carboxylic acids is 1. The van der Waals surface area contributed by atoms with Crippen LogP contribution < -0.4 is 10.1 Å². The number of carboxylic acid groups (broad SMARTS) is 1. The molecule has 2 aromatic carbocycles. The number of hydrogen-bond donors (Lipinski definition) is 2. The summed E-state index contributed by atoms with van der Waals surface area (Å²) >= 11 is 7.87. The first-order chi connectivity index (χ1) is 15.3. The van der Waals surface area contributed by atoms with Crippen LogP contribution in [0.15, 0.2) is 52.4 Å². The van der Waals surface area contributed by atoms with E-state index in [0.29, 0.717) is 27.5 Å². The van der Waals surface area contributed by atoms with Gasteiger partial charge in [-0.25, -0.2) is 4.79 Å². The molecule has 0 saturated carbocycles. The zero-order valence-corrected chi connectivity index (χ0v) is 18.7. The van der Waals surface area contributed by atoms with Gasteiger partial charge in [-0.2, -0.15) is 4.98 Å². The predicted molar refractivity (Wildman–Crippen MR) is 120 cm³/mol. The van der Waals surface area contributed by atoms with Crippen LogP contribution >= 0.6 is 22.9 Å². The van der Waals surface area contributed by atoms with Gasteiger partial charge in [0.2, 0.25) is 5.82 Å². The fraction of sp³-hybridized carbons (Fsp3) is 0.182. The van der Waals surface area contributed by atoms with Crippen LogP contribution in [0.3, 0.4) is 0 Å². The number of hydrogen-bond acceptors (Lipinski definition) is 7. The van der Waals surface area contributed by atoms with E-state index in [4.69, 9.17) is 20.9 Å². The topological polar surface area (TPSA) is 115 Å². The summed E-state index contributed by atoms with van der Waals surface area (Å²) in [6.07, 6.45) is 0. The zero-order valence-electron chi connectivity index (χ0n) is 17.1. The molecule has 0 aliphatic carbocycles. The third-order valence-corrected chi connectivity index (χ3v) is 5.87. The maximum atomic E-state index is 13.0. The second kappa shape index (κ2) is 8.60. The largest absolute Gasteiger partial charge is 0.484 e. The molecule has 1 amide bonds. The Morgan fingerprint density at radius 1 is 1.22 bits per heavy atom. The highest BCUT2D eigenvalue weighted by Gasteiger charge is 2.31. The summed E-state index contributed by atoms with van der Waals surface area (Å²) in [6.45, 7) is 2.72. The molecule has 2 aromatic heterocycles. The lowest BCUT2D eigenvalue weighted by Gasteiger charge is -2.22. The van der Waals surface area contributed by atoms with Crippen molar-refractivity contribution in [1.82, 2.24) is 15.5 Å². The van der Waals surface area contributed by atoms with Crippen molar-refractivity contribution in [3.63, 3.8) is 0 Å². The minimum Gasteiger partial charge on any atom is -0.484 e. The van der Waals surface area contributed by atoms with Crippen LogP contribution in [0, 0.1) is 0 Å². The summed E-state index contributed by atoms with van der Waals surface area (Å²) in [5, 5.41) is 19.3. The summed E-state index contributed by atoms with van der Waals surface area (Å²) in [4.78, 5) is 29.6. The second-order valence-corrected chi connectivity index (χ2v) is 8.80. The van der Waals surface area contributed by atoms with Gasteiger partial charge in [-0.1, -0.05) is 47.1 Å². The fourth-order valence-corrected chi connectivity index (χ4v) is 3.90. The Morgan fingerprint density at radius 3 is 2.66 bits per heavy atom. The number of benzene rings is 2. The number of ether oxygens (including phenoxy) is 1. The third kappa shape index (κ3) is 4.30. The number of nitrogens with one attached hydrogen (secondary N) is 1. The Labute approximate surface area is 191 Å². The van der Waals surface area contributed by atoms with Gasteiger partial charge in [0.25, 0.3) is 11.8 Å². The number of thiophene rings is 1. The Hall–Kier alpha value is -3.43. The molecule has 0 atom stereocenters. The van der Waals surface area contributed by atoms with Crippen LogP contribution in [0.25, 0.3) is 21.5 Å². The number of aromatic nitrogens is 2. The molecule has 0 fully saturated rings. The quantitative estimate of drug-likeness (QED) is 0.398. The summed E-state index contributed by atoms with van der Waals surface area (Å²) in [5.74, 6) is -0.892. The van der Waals surface area contributed by atoms with Gasteiger partial charge in [-0.3, -0.25) is 4.79 Å². The molecule has 32 heavy (non-hydrogen) atoms. The van der Waals surface area contributed by atoms with Gasteiger partial charge in [-0.15, -0.1) is 11.3 Å². The van der Waals surface area contributed by atoms with E-state index in [9.17, 15) is 14.7 Å². The highest BCUT2D eigenvalue weighted by atomic mass is 35.5. The van der Waals surface area contributed by atoms with Crippen LogP contribution in [0.1, 0.15) is 30.0 Å². The highest BCUT2D eigenvalue weighted by Crippen LogP contribution is 2.36. The molecular formula is C22H18ClN3O5S. The molecule has 4 aromatic rings. The summed E-state index contributed by atoms with van der Waals surface area (Å²) in [7, 11) is 0. The summed E-state index contributed by atoms with van der Waals surface area (Å²) in [5.41, 5.74) is -1.39. The molecule has 0 aliphatic rings. The first-order valence-electron chi connectivity index (χ1n) is 9.52. The van der Waals surface area contributed by atoms with Crippen LogP contribution in [0.4, 0.5) is 0 Å². The molecular weight excluding hydrogens is 454 g/mol. The van der Waals surface area contributed by atoms with Crippen LogP contribution in [0.2, 0.25) is 5.02 Å². The van der Waals surface area contributed by atoms with Gasteiger partial charge < -0.3 is 19.7 Å². The second-order valence-electron chi connectivity index (χ2n) is 7.45. The monoisotopic (exact) mass is 471 g/mol. The van der Waals surface area contributed by atoms with Crippen molar-refractivity contribution in [2.45, 2.75) is 26.0 Å². The SMILES string of the molecule is CC(C)(NC(=O)c1cc(Cl)c2ccccc2c1OCc1noc(-c2cccs2)n1)C(=O)O. The van der Waals surface area contributed by atoms with Gasteiger partial charge in [0.1, 0.15) is 11.3 Å². The lowest BCUT2D eigenvalue weighted by atomic mass is 10.0. The van der Waals surface area contributed by atoms with E-state index >= 15 is 0 Å². The van der Waals surface area contributed by atoms with Gasteiger partial charge in [0, 0.05) is 15.8 Å². The Balaban J connectivity index is 1.69. The number of halogens is 1. The van der Waals surface area contributed by atoms with Gasteiger partial charge in [0.15, 0.2) is 6.61 Å². The van der Waals surface area contributed by atoms with E-state index in [0.717, 1.165) is 4.88 Å². The minimum atomic E-state index is -1.49. The summed E-state index contributed by atoms with van der Waals surface area (Å²) < 4.78 is 11.2. The van der Waals surface area contributed by atoms with E-state index in [-0.39, 0.29) is 17.9 Å². The highest BCUT2D eigenvalue weighted by molar-refractivity contribution is 7.13. The number of fused-ring (bicyclic) bond motifs is 1. The standard InChI is InChI=1S/C22H18ClN3O5S/c1-22(2,21(28)29)25-19(27)14-10-15(23)12-6-3-4-7-13(12)18(14)30-11-17-24-20(31-26-17)16-8-5-9-32-16/h3-10H,11H2,1-2H3,(H,25,27)(H,28,29). The fourth-order valence-electron chi connectivity index (χ4n) is 2.98. The van der Waals surface area contributed by atoms with Crippen molar-refractivity contribution < 1.29 is 24.0 Å². The smallest absolute Gasteiger partial charge is 0.328 e. The van der Waals surface area contributed by atoms with E-state index in [1.807, 2.05) is 23.6 Å². The van der Waals surface area contributed by atoms with Crippen LogP contribution in [-0.4, -0.2) is 32.7 Å². The van der Waals surface area contributed by atoms with Gasteiger partial charge >= 0.3 is 5.97 Å². The van der Waals surface area contributed by atoms with Gasteiger partial charge in [-0.05, 0) is 31.4 Å². The van der Waals surface area contributed by atoms with E-state index in [1.54, 1.807) is 18.2 Å². The normalized spacial score (nSPS) is 11.5. The molecule has 0 saturated heterocycles. The molecule has 4 rings (SSSR count). The number of aliphatic carboxylic acids is 1. The first-order valence-corrected chi connectivity index (χ1v) is 10.8. The Bertz CT molecular complexity index is 1300. The van der Waals surface area contributed by atoms with Crippen molar-refractivity contribution in [2.24, 2.45) is 0 Å². The lowest BCUT2D eigenvalue weighted by Crippen LogP contribution is -2.49. The number of carbonyl (C=O) groups is 2. The van der Waals surface area contributed by atoms with Crippen molar-refractivity contribution in [2.75, 3.05) is 0 Å². The number of amides is 1. The molecule has 10 heteroatoms. The van der Waals surface area contributed by atoms with Crippen LogP contribution in [-0.2, 0) is 11.4 Å². The van der Waals surface area contributed by atoms with Crippen molar-refractivity contribution in [3.8, 4) is 16.5 Å². The van der Waals surface area contributed by atoms with E-state index in [1.165, 1.54) is 31.3 Å². The van der Waals surface area contributed by atoms with Crippen LogP contribution in [0.5, 0.6) is 5.75 Å². The minimum absolute atomic E-state index is 0.0664. The zero-order chi connectivity index (χ0) is 22.9. The molecule has 164 valence electrons. The maximum absolute atomic E-state index is 13.0. The molecule has 8 nitrogen and oxygen atoms in total. The number of nitrogens with zero attached hydrogens (tertiary/aromatic N) is 2. The molecule has 0 unspecified atom stereocenters. The third-order valence-electron chi connectivity index (χ3n) is 4.70. The van der Waals surface area contributed by atoms with E-state index < -0.39 is 17.4 Å². The van der Waals surface area contributed by atoms with Crippen molar-refractivity contribution in [3.05, 3.63) is 64.3 Å².